The lowest BCUT2D eigenvalue weighted by Gasteiger charge is -2.25. The summed E-state index contributed by atoms with van der Waals surface area (Å²) in [6, 6.07) is 6.04. The zero-order valence-electron chi connectivity index (χ0n) is 12.0. The van der Waals surface area contributed by atoms with Crippen LogP contribution in [0, 0.1) is 0 Å². The Morgan fingerprint density at radius 2 is 2.29 bits per heavy atom. The number of hydrogen-bond donors (Lipinski definition) is 2. The first kappa shape index (κ1) is 17.0. The van der Waals surface area contributed by atoms with Gasteiger partial charge in [0.25, 0.3) is 0 Å². The number of aliphatic hydroxyl groups excluding tert-OH is 1. The fourth-order valence-corrected chi connectivity index (χ4v) is 3.33. The van der Waals surface area contributed by atoms with Crippen molar-refractivity contribution in [3.05, 3.63) is 27.7 Å². The maximum atomic E-state index is 9.18. The molecule has 1 atom stereocenters. The third-order valence-electron chi connectivity index (χ3n) is 3.62. The molecule has 1 aliphatic heterocycles. The molecule has 2 rings (SSSR count). The van der Waals surface area contributed by atoms with Crippen LogP contribution in [0.5, 0.6) is 5.75 Å². The van der Waals surface area contributed by atoms with Crippen molar-refractivity contribution in [1.82, 2.24) is 10.2 Å². The summed E-state index contributed by atoms with van der Waals surface area (Å²) < 4.78 is 6.65. The number of hydrogen-bond acceptors (Lipinski definition) is 4. The molecule has 1 aromatic carbocycles. The van der Waals surface area contributed by atoms with E-state index in [1.54, 1.807) is 0 Å². The SMILES string of the molecule is OCCN(CCOc1ccc(Cl)cc1Br)CC1CCCN1. The molecule has 0 saturated carbocycles. The topological polar surface area (TPSA) is 44.7 Å². The number of nitrogens with zero attached hydrogens (tertiary/aromatic N) is 1. The number of benzene rings is 1. The minimum absolute atomic E-state index is 0.178. The normalized spacial score (nSPS) is 18.4. The molecule has 6 heteroatoms. The second-order valence-electron chi connectivity index (χ2n) is 5.24. The summed E-state index contributed by atoms with van der Waals surface area (Å²) in [5, 5.41) is 13.3. The summed E-state index contributed by atoms with van der Waals surface area (Å²) in [6.07, 6.45) is 2.46. The van der Waals surface area contributed by atoms with E-state index in [1.807, 2.05) is 18.2 Å². The van der Waals surface area contributed by atoms with Gasteiger partial charge in [0.2, 0.25) is 0 Å². The standard InChI is InChI=1S/C15H22BrClN2O2/c16-14-10-12(17)3-4-15(14)21-9-7-19(6-8-20)11-13-2-1-5-18-13/h3-4,10,13,18,20H,1-2,5-9,11H2. The molecule has 2 N–H and O–H groups in total. The van der Waals surface area contributed by atoms with E-state index in [0.29, 0.717) is 24.2 Å². The lowest BCUT2D eigenvalue weighted by Crippen LogP contribution is -2.40. The van der Waals surface area contributed by atoms with Gasteiger partial charge in [0.1, 0.15) is 12.4 Å². The van der Waals surface area contributed by atoms with Crippen LogP contribution in [0.4, 0.5) is 0 Å². The fourth-order valence-electron chi connectivity index (χ4n) is 2.54. The van der Waals surface area contributed by atoms with Gasteiger partial charge in [-0.15, -0.1) is 0 Å². The van der Waals surface area contributed by atoms with Gasteiger partial charge in [-0.25, -0.2) is 0 Å². The third-order valence-corrected chi connectivity index (χ3v) is 4.47. The Bertz CT molecular complexity index is 442. The smallest absolute Gasteiger partial charge is 0.133 e. The van der Waals surface area contributed by atoms with Gasteiger partial charge in [0, 0.05) is 30.7 Å². The number of halogens is 2. The minimum Gasteiger partial charge on any atom is -0.491 e. The Hall–Kier alpha value is -0.330. The summed E-state index contributed by atoms with van der Waals surface area (Å²) in [5.74, 6) is 0.794. The van der Waals surface area contributed by atoms with Gasteiger partial charge in [-0.3, -0.25) is 4.90 Å². The average Bonchev–Trinajstić information content (AvgIpc) is 2.94. The van der Waals surface area contributed by atoms with E-state index >= 15 is 0 Å². The van der Waals surface area contributed by atoms with Gasteiger partial charge in [0.05, 0.1) is 11.1 Å². The van der Waals surface area contributed by atoms with Gasteiger partial charge >= 0.3 is 0 Å². The van der Waals surface area contributed by atoms with Gasteiger partial charge in [0.15, 0.2) is 0 Å². The summed E-state index contributed by atoms with van der Waals surface area (Å²) in [5.41, 5.74) is 0. The van der Waals surface area contributed by atoms with Crippen molar-refractivity contribution < 1.29 is 9.84 Å². The fraction of sp³-hybridized carbons (Fsp3) is 0.600. The molecule has 1 fully saturated rings. The molecule has 1 unspecified atom stereocenters. The molecule has 0 bridgehead atoms. The highest BCUT2D eigenvalue weighted by Gasteiger charge is 2.17. The quantitative estimate of drug-likeness (QED) is 0.731. The van der Waals surface area contributed by atoms with E-state index in [0.717, 1.165) is 29.9 Å². The van der Waals surface area contributed by atoms with Crippen LogP contribution in [0.1, 0.15) is 12.8 Å². The predicted octanol–water partition coefficient (Wildman–Crippen LogP) is 2.53. The highest BCUT2D eigenvalue weighted by atomic mass is 79.9. The molecule has 0 aromatic heterocycles. The van der Waals surface area contributed by atoms with Crippen molar-refractivity contribution in [3.63, 3.8) is 0 Å². The average molecular weight is 378 g/mol. The first-order valence-electron chi connectivity index (χ1n) is 7.33. The van der Waals surface area contributed by atoms with E-state index in [-0.39, 0.29) is 6.61 Å². The molecular weight excluding hydrogens is 356 g/mol. The van der Waals surface area contributed by atoms with E-state index in [9.17, 15) is 5.11 Å². The third kappa shape index (κ3) is 5.75. The lowest BCUT2D eigenvalue weighted by atomic mass is 10.2. The predicted molar refractivity (Wildman–Crippen MR) is 89.2 cm³/mol. The molecule has 21 heavy (non-hydrogen) atoms. The van der Waals surface area contributed by atoms with Crippen molar-refractivity contribution in [2.75, 3.05) is 39.4 Å². The second kappa shape index (κ2) is 8.96. The monoisotopic (exact) mass is 376 g/mol. The molecule has 4 nitrogen and oxygen atoms in total. The number of nitrogens with one attached hydrogen (secondary N) is 1. The maximum absolute atomic E-state index is 9.18. The lowest BCUT2D eigenvalue weighted by molar-refractivity contribution is 0.159. The second-order valence-corrected chi connectivity index (χ2v) is 6.53. The molecule has 1 aromatic rings. The molecule has 0 spiro atoms. The largest absolute Gasteiger partial charge is 0.491 e. The number of aliphatic hydroxyl groups is 1. The zero-order valence-corrected chi connectivity index (χ0v) is 14.4. The maximum Gasteiger partial charge on any atom is 0.133 e. The van der Waals surface area contributed by atoms with Crippen molar-refractivity contribution in [2.24, 2.45) is 0 Å². The molecule has 1 aliphatic rings. The minimum atomic E-state index is 0.178. The number of rotatable bonds is 8. The number of ether oxygens (including phenoxy) is 1. The van der Waals surface area contributed by atoms with Crippen LogP contribution < -0.4 is 10.1 Å². The first-order valence-corrected chi connectivity index (χ1v) is 8.50. The summed E-state index contributed by atoms with van der Waals surface area (Å²) in [6.45, 7) is 4.32. The van der Waals surface area contributed by atoms with Crippen molar-refractivity contribution in [3.8, 4) is 5.75 Å². The Labute approximate surface area is 139 Å². The molecular formula is C15H22BrClN2O2. The molecule has 0 aliphatic carbocycles. The highest BCUT2D eigenvalue weighted by Crippen LogP contribution is 2.27. The van der Waals surface area contributed by atoms with E-state index < -0.39 is 0 Å². The summed E-state index contributed by atoms with van der Waals surface area (Å²) in [4.78, 5) is 2.24. The van der Waals surface area contributed by atoms with Crippen molar-refractivity contribution >= 4 is 27.5 Å². The molecule has 1 heterocycles. The van der Waals surface area contributed by atoms with Crippen LogP contribution in [0.15, 0.2) is 22.7 Å². The Balaban J connectivity index is 1.78. The van der Waals surface area contributed by atoms with Gasteiger partial charge in [-0.1, -0.05) is 11.6 Å². The molecule has 0 amide bonds. The van der Waals surface area contributed by atoms with Crippen LogP contribution in [0.25, 0.3) is 0 Å². The summed E-state index contributed by atoms with van der Waals surface area (Å²) in [7, 11) is 0. The molecule has 118 valence electrons. The van der Waals surface area contributed by atoms with Crippen molar-refractivity contribution in [2.45, 2.75) is 18.9 Å². The van der Waals surface area contributed by atoms with Crippen LogP contribution in [0.3, 0.4) is 0 Å². The van der Waals surface area contributed by atoms with E-state index in [4.69, 9.17) is 16.3 Å². The van der Waals surface area contributed by atoms with Gasteiger partial charge < -0.3 is 15.2 Å². The Morgan fingerprint density at radius 3 is 2.95 bits per heavy atom. The van der Waals surface area contributed by atoms with E-state index in [2.05, 4.69) is 26.1 Å². The Kier molecular flexibility index (Phi) is 7.26. The van der Waals surface area contributed by atoms with Crippen LogP contribution >= 0.6 is 27.5 Å². The first-order chi connectivity index (χ1) is 10.2. The van der Waals surface area contributed by atoms with Crippen LogP contribution in [-0.4, -0.2) is 55.4 Å². The highest BCUT2D eigenvalue weighted by molar-refractivity contribution is 9.10. The van der Waals surface area contributed by atoms with Gasteiger partial charge in [-0.05, 0) is 53.5 Å². The zero-order chi connectivity index (χ0) is 15.1. The molecule has 1 saturated heterocycles. The van der Waals surface area contributed by atoms with Crippen LogP contribution in [-0.2, 0) is 0 Å². The summed E-state index contributed by atoms with van der Waals surface area (Å²) >= 11 is 9.35. The molecule has 0 radical (unpaired) electrons. The Morgan fingerprint density at radius 1 is 1.43 bits per heavy atom. The van der Waals surface area contributed by atoms with Crippen LogP contribution in [0.2, 0.25) is 5.02 Å². The van der Waals surface area contributed by atoms with E-state index in [1.165, 1.54) is 12.8 Å². The van der Waals surface area contributed by atoms with Crippen molar-refractivity contribution in [1.29, 1.82) is 0 Å². The van der Waals surface area contributed by atoms with Gasteiger partial charge in [-0.2, -0.15) is 0 Å².